The molecular weight excluding hydrogens is 295 g/mol. The summed E-state index contributed by atoms with van der Waals surface area (Å²) in [6.07, 6.45) is 1.23. The van der Waals surface area contributed by atoms with Gasteiger partial charge in [0.05, 0.1) is 0 Å². The highest BCUT2D eigenvalue weighted by atomic mass is 19.1. The fourth-order valence-corrected chi connectivity index (χ4v) is 2.45. The Bertz CT molecular complexity index is 675. The maximum Gasteiger partial charge on any atom is 0.162 e. The number of phenols is 1. The van der Waals surface area contributed by atoms with Crippen molar-refractivity contribution in [1.29, 1.82) is 0 Å². The Labute approximate surface area is 134 Å². The Morgan fingerprint density at radius 3 is 2.22 bits per heavy atom. The van der Waals surface area contributed by atoms with Gasteiger partial charge in [0, 0.05) is 17.9 Å². The molecule has 4 heteroatoms. The van der Waals surface area contributed by atoms with Gasteiger partial charge in [0.1, 0.15) is 17.3 Å². The fourth-order valence-electron chi connectivity index (χ4n) is 2.45. The molecule has 2 aromatic carbocycles. The summed E-state index contributed by atoms with van der Waals surface area (Å²) in [6, 6.07) is 12.1. The predicted molar refractivity (Wildman–Crippen MR) is 85.9 cm³/mol. The van der Waals surface area contributed by atoms with E-state index in [1.54, 1.807) is 24.3 Å². The van der Waals surface area contributed by atoms with Crippen LogP contribution in [-0.2, 0) is 11.2 Å². The third-order valence-corrected chi connectivity index (χ3v) is 3.88. The van der Waals surface area contributed by atoms with Crippen LogP contribution in [0.4, 0.5) is 4.39 Å². The quantitative estimate of drug-likeness (QED) is 0.788. The lowest BCUT2D eigenvalue weighted by atomic mass is 9.90. The van der Waals surface area contributed by atoms with Crippen molar-refractivity contribution >= 4 is 11.6 Å². The molecule has 0 heterocycles. The summed E-state index contributed by atoms with van der Waals surface area (Å²) in [5, 5.41) is 9.28. The summed E-state index contributed by atoms with van der Waals surface area (Å²) in [5.41, 5.74) is 1.40. The van der Waals surface area contributed by atoms with Gasteiger partial charge in [-0.3, -0.25) is 9.59 Å². The fraction of sp³-hybridized carbons (Fsp3) is 0.263. The Kier molecular flexibility index (Phi) is 5.63. The second kappa shape index (κ2) is 7.68. The molecule has 0 saturated heterocycles. The summed E-state index contributed by atoms with van der Waals surface area (Å²) in [6.45, 7) is 1.52. The SMILES string of the molecule is CC(=O)C(CCC(=O)c1ccc(F)cc1)Cc1ccc(O)cc1. The second-order valence-electron chi connectivity index (χ2n) is 5.65. The van der Waals surface area contributed by atoms with E-state index < -0.39 is 0 Å². The minimum absolute atomic E-state index is 0.0324. The van der Waals surface area contributed by atoms with Crippen LogP contribution >= 0.6 is 0 Å². The molecule has 0 aromatic heterocycles. The van der Waals surface area contributed by atoms with Gasteiger partial charge in [-0.25, -0.2) is 4.39 Å². The van der Waals surface area contributed by atoms with E-state index in [0.29, 0.717) is 18.4 Å². The highest BCUT2D eigenvalue weighted by Crippen LogP contribution is 2.19. The lowest BCUT2D eigenvalue weighted by Crippen LogP contribution is -2.16. The van der Waals surface area contributed by atoms with Gasteiger partial charge < -0.3 is 5.11 Å². The highest BCUT2D eigenvalue weighted by Gasteiger charge is 2.17. The molecule has 0 bridgehead atoms. The number of hydrogen-bond acceptors (Lipinski definition) is 3. The standard InChI is InChI=1S/C19H19FO3/c1-13(21)16(12-14-2-9-18(22)10-3-14)6-11-19(23)15-4-7-17(20)8-5-15/h2-5,7-10,16,22H,6,11-12H2,1H3. The van der Waals surface area contributed by atoms with Crippen molar-refractivity contribution in [3.05, 3.63) is 65.5 Å². The van der Waals surface area contributed by atoms with E-state index in [1.807, 2.05) is 0 Å². The van der Waals surface area contributed by atoms with Crippen molar-refractivity contribution < 1.29 is 19.1 Å². The topological polar surface area (TPSA) is 54.4 Å². The number of ketones is 2. The monoisotopic (exact) mass is 314 g/mol. The van der Waals surface area contributed by atoms with Crippen LogP contribution in [0.3, 0.4) is 0 Å². The van der Waals surface area contributed by atoms with E-state index >= 15 is 0 Å². The van der Waals surface area contributed by atoms with Gasteiger partial charge in [-0.05, 0) is 61.7 Å². The second-order valence-corrected chi connectivity index (χ2v) is 5.65. The van der Waals surface area contributed by atoms with Gasteiger partial charge in [0.25, 0.3) is 0 Å². The molecule has 1 N–H and O–H groups in total. The highest BCUT2D eigenvalue weighted by molar-refractivity contribution is 5.96. The number of hydrogen-bond donors (Lipinski definition) is 1. The Balaban J connectivity index is 1.96. The van der Waals surface area contributed by atoms with Crippen molar-refractivity contribution in [1.82, 2.24) is 0 Å². The minimum atomic E-state index is -0.379. The first-order valence-electron chi connectivity index (χ1n) is 7.53. The number of phenolic OH excluding ortho intramolecular Hbond substituents is 1. The molecule has 2 aromatic rings. The van der Waals surface area contributed by atoms with Crippen molar-refractivity contribution in [3.63, 3.8) is 0 Å². The van der Waals surface area contributed by atoms with E-state index in [1.165, 1.54) is 31.2 Å². The molecule has 0 radical (unpaired) electrons. The summed E-state index contributed by atoms with van der Waals surface area (Å²) >= 11 is 0. The van der Waals surface area contributed by atoms with Crippen molar-refractivity contribution in [3.8, 4) is 5.75 Å². The molecule has 23 heavy (non-hydrogen) atoms. The number of Topliss-reactive ketones (excluding diaryl/α,β-unsaturated/α-hetero) is 2. The summed E-state index contributed by atoms with van der Waals surface area (Å²) in [4.78, 5) is 23.9. The van der Waals surface area contributed by atoms with Crippen molar-refractivity contribution in [2.24, 2.45) is 5.92 Å². The van der Waals surface area contributed by atoms with Crippen molar-refractivity contribution in [2.75, 3.05) is 0 Å². The van der Waals surface area contributed by atoms with Gasteiger partial charge in [0.15, 0.2) is 5.78 Å². The summed E-state index contributed by atoms with van der Waals surface area (Å²) < 4.78 is 12.9. The van der Waals surface area contributed by atoms with Crippen molar-refractivity contribution in [2.45, 2.75) is 26.2 Å². The zero-order chi connectivity index (χ0) is 16.8. The molecule has 0 aliphatic heterocycles. The van der Waals surface area contributed by atoms with Crippen LogP contribution in [0.2, 0.25) is 0 Å². The van der Waals surface area contributed by atoms with Crippen LogP contribution in [0.15, 0.2) is 48.5 Å². The number of halogens is 1. The van der Waals surface area contributed by atoms with Crippen LogP contribution in [0.5, 0.6) is 5.75 Å². The Morgan fingerprint density at radius 1 is 1.04 bits per heavy atom. The van der Waals surface area contributed by atoms with Gasteiger partial charge >= 0.3 is 0 Å². The molecular formula is C19H19FO3. The van der Waals surface area contributed by atoms with Gasteiger partial charge in [-0.2, -0.15) is 0 Å². The van der Waals surface area contributed by atoms with E-state index in [-0.39, 0.29) is 35.5 Å². The molecule has 0 aliphatic carbocycles. The number of benzene rings is 2. The third kappa shape index (κ3) is 5.02. The summed E-state index contributed by atoms with van der Waals surface area (Å²) in [5.74, 6) is -0.508. The molecule has 120 valence electrons. The Morgan fingerprint density at radius 2 is 1.65 bits per heavy atom. The molecule has 0 amide bonds. The smallest absolute Gasteiger partial charge is 0.162 e. The molecule has 0 aliphatic rings. The average Bonchev–Trinajstić information content (AvgIpc) is 2.53. The lowest BCUT2D eigenvalue weighted by Gasteiger charge is -2.13. The molecule has 1 unspecified atom stereocenters. The number of carbonyl (C=O) groups is 2. The first kappa shape index (κ1) is 16.9. The van der Waals surface area contributed by atoms with Crippen LogP contribution < -0.4 is 0 Å². The van der Waals surface area contributed by atoms with E-state index in [9.17, 15) is 19.1 Å². The first-order chi connectivity index (χ1) is 11.0. The van der Waals surface area contributed by atoms with E-state index in [2.05, 4.69) is 0 Å². The van der Waals surface area contributed by atoms with Gasteiger partial charge in [0.2, 0.25) is 0 Å². The zero-order valence-corrected chi connectivity index (χ0v) is 13.0. The normalized spacial score (nSPS) is 11.9. The lowest BCUT2D eigenvalue weighted by molar-refractivity contribution is -0.120. The van der Waals surface area contributed by atoms with Crippen LogP contribution in [0.25, 0.3) is 0 Å². The van der Waals surface area contributed by atoms with Crippen LogP contribution in [0.1, 0.15) is 35.7 Å². The molecule has 0 saturated carbocycles. The van der Waals surface area contributed by atoms with Gasteiger partial charge in [-0.1, -0.05) is 12.1 Å². The van der Waals surface area contributed by atoms with E-state index in [0.717, 1.165) is 5.56 Å². The molecule has 2 rings (SSSR count). The predicted octanol–water partition coefficient (Wildman–Crippen LogP) is 3.94. The zero-order valence-electron chi connectivity index (χ0n) is 13.0. The number of aromatic hydroxyl groups is 1. The summed E-state index contributed by atoms with van der Waals surface area (Å²) in [7, 11) is 0. The maximum absolute atomic E-state index is 12.9. The number of carbonyl (C=O) groups excluding carboxylic acids is 2. The largest absolute Gasteiger partial charge is 0.508 e. The average molecular weight is 314 g/mol. The van der Waals surface area contributed by atoms with E-state index in [4.69, 9.17) is 0 Å². The first-order valence-corrected chi connectivity index (χ1v) is 7.53. The van der Waals surface area contributed by atoms with Crippen LogP contribution in [0, 0.1) is 11.7 Å². The Hall–Kier alpha value is -2.49. The third-order valence-electron chi connectivity index (χ3n) is 3.88. The number of rotatable bonds is 7. The maximum atomic E-state index is 12.9. The molecule has 1 atom stereocenters. The van der Waals surface area contributed by atoms with Crippen LogP contribution in [-0.4, -0.2) is 16.7 Å². The molecule has 3 nitrogen and oxygen atoms in total. The molecule has 0 spiro atoms. The minimum Gasteiger partial charge on any atom is -0.508 e. The van der Waals surface area contributed by atoms with Gasteiger partial charge in [-0.15, -0.1) is 0 Å². The molecule has 0 fully saturated rings.